The van der Waals surface area contributed by atoms with Crippen LogP contribution in [0.2, 0.25) is 0 Å². The van der Waals surface area contributed by atoms with E-state index in [0.29, 0.717) is 12.8 Å². The van der Waals surface area contributed by atoms with Crippen LogP contribution in [-0.4, -0.2) is 33.0 Å². The van der Waals surface area contributed by atoms with Crippen LogP contribution < -0.4 is 5.32 Å². The zero-order chi connectivity index (χ0) is 15.1. The molecule has 0 aliphatic carbocycles. The topological polar surface area (TPSA) is 92.2 Å². The summed E-state index contributed by atoms with van der Waals surface area (Å²) in [7, 11) is 0. The van der Waals surface area contributed by atoms with Crippen LogP contribution in [-0.2, 0) is 11.2 Å². The molecule has 1 amide bonds. The second-order valence-corrected chi connectivity index (χ2v) is 4.48. The number of hydrogen-bond donors (Lipinski definition) is 2. The third kappa shape index (κ3) is 4.38. The second kappa shape index (κ2) is 7.14. The monoisotopic (exact) mass is 285 g/mol. The number of carboxylic acids is 1. The van der Waals surface area contributed by atoms with Gasteiger partial charge < -0.3 is 10.4 Å². The molecule has 0 saturated heterocycles. The summed E-state index contributed by atoms with van der Waals surface area (Å²) in [6.07, 6.45) is 5.00. The normalized spacial score (nSPS) is 11.6. The average molecular weight is 285 g/mol. The van der Waals surface area contributed by atoms with Gasteiger partial charge in [-0.15, -0.1) is 0 Å². The Morgan fingerprint density at radius 2 is 1.95 bits per heavy atom. The minimum absolute atomic E-state index is 0.100. The van der Waals surface area contributed by atoms with Crippen molar-refractivity contribution in [3.8, 4) is 0 Å². The molecule has 1 aromatic carbocycles. The Balaban J connectivity index is 1.96. The van der Waals surface area contributed by atoms with Gasteiger partial charge in [0.1, 0.15) is 11.7 Å². The van der Waals surface area contributed by atoms with E-state index >= 15 is 0 Å². The van der Waals surface area contributed by atoms with Crippen molar-refractivity contribution in [3.05, 3.63) is 60.2 Å². The first-order chi connectivity index (χ1) is 10.2. The molecule has 0 aliphatic rings. The number of carboxylic acid groups (broad SMARTS) is 1. The standard InChI is InChI=1S/C15H15N3O3/c19-14(13-10-16-8-9-17-13)18-12(15(20)21)7-6-11-4-2-1-3-5-11/h1-5,8-10,12H,6-7H2,(H,18,19)(H,20,21)/t12-/m0/s1. The first-order valence-corrected chi connectivity index (χ1v) is 6.50. The van der Waals surface area contributed by atoms with E-state index in [-0.39, 0.29) is 5.69 Å². The van der Waals surface area contributed by atoms with Gasteiger partial charge in [-0.1, -0.05) is 30.3 Å². The van der Waals surface area contributed by atoms with E-state index in [0.717, 1.165) is 5.56 Å². The maximum absolute atomic E-state index is 11.9. The summed E-state index contributed by atoms with van der Waals surface area (Å²) in [5.74, 6) is -1.60. The van der Waals surface area contributed by atoms with Crippen molar-refractivity contribution in [2.75, 3.05) is 0 Å². The van der Waals surface area contributed by atoms with E-state index in [9.17, 15) is 14.7 Å². The van der Waals surface area contributed by atoms with E-state index in [4.69, 9.17) is 0 Å². The van der Waals surface area contributed by atoms with Crippen molar-refractivity contribution < 1.29 is 14.7 Å². The van der Waals surface area contributed by atoms with E-state index in [1.165, 1.54) is 18.6 Å². The van der Waals surface area contributed by atoms with Crippen molar-refractivity contribution in [2.24, 2.45) is 0 Å². The first-order valence-electron chi connectivity index (χ1n) is 6.50. The highest BCUT2D eigenvalue weighted by molar-refractivity contribution is 5.94. The Labute approximate surface area is 121 Å². The fourth-order valence-corrected chi connectivity index (χ4v) is 1.86. The quantitative estimate of drug-likeness (QED) is 0.834. The number of hydrogen-bond acceptors (Lipinski definition) is 4. The highest BCUT2D eigenvalue weighted by atomic mass is 16.4. The number of carbonyl (C=O) groups is 2. The Morgan fingerprint density at radius 1 is 1.19 bits per heavy atom. The van der Waals surface area contributed by atoms with Crippen LogP contribution in [0, 0.1) is 0 Å². The molecule has 0 unspecified atom stereocenters. The Kier molecular flexibility index (Phi) is 4.98. The molecule has 1 atom stereocenters. The number of aliphatic carboxylic acids is 1. The number of carbonyl (C=O) groups excluding carboxylic acids is 1. The number of amides is 1. The zero-order valence-electron chi connectivity index (χ0n) is 11.3. The molecule has 2 N–H and O–H groups in total. The van der Waals surface area contributed by atoms with Crippen molar-refractivity contribution in [1.82, 2.24) is 15.3 Å². The molecule has 2 rings (SSSR count). The molecule has 0 fully saturated rings. The van der Waals surface area contributed by atoms with Crippen LogP contribution in [0.4, 0.5) is 0 Å². The van der Waals surface area contributed by atoms with Crippen LogP contribution >= 0.6 is 0 Å². The summed E-state index contributed by atoms with van der Waals surface area (Å²) in [5, 5.41) is 11.7. The average Bonchev–Trinajstić information content (AvgIpc) is 2.52. The van der Waals surface area contributed by atoms with Crippen molar-refractivity contribution in [3.63, 3.8) is 0 Å². The lowest BCUT2D eigenvalue weighted by molar-refractivity contribution is -0.139. The zero-order valence-corrected chi connectivity index (χ0v) is 11.3. The molecule has 1 heterocycles. The molecule has 6 heteroatoms. The van der Waals surface area contributed by atoms with Gasteiger partial charge >= 0.3 is 5.97 Å². The minimum atomic E-state index is -1.07. The molecule has 0 radical (unpaired) electrons. The van der Waals surface area contributed by atoms with Crippen LogP contribution in [0.1, 0.15) is 22.5 Å². The van der Waals surface area contributed by atoms with Gasteiger partial charge in [0.2, 0.25) is 0 Å². The molecule has 0 saturated carbocycles. The molecule has 0 aliphatic heterocycles. The predicted molar refractivity (Wildman–Crippen MR) is 75.7 cm³/mol. The van der Waals surface area contributed by atoms with Crippen LogP contribution in [0.25, 0.3) is 0 Å². The minimum Gasteiger partial charge on any atom is -0.480 e. The first kappa shape index (κ1) is 14.6. The number of rotatable bonds is 6. The summed E-state index contributed by atoms with van der Waals surface area (Å²) in [6.45, 7) is 0. The third-order valence-corrected chi connectivity index (χ3v) is 2.96. The van der Waals surface area contributed by atoms with Crippen LogP contribution in [0.5, 0.6) is 0 Å². The van der Waals surface area contributed by atoms with Crippen molar-refractivity contribution in [2.45, 2.75) is 18.9 Å². The summed E-state index contributed by atoms with van der Waals surface area (Å²) in [5.41, 5.74) is 1.13. The highest BCUT2D eigenvalue weighted by Crippen LogP contribution is 2.06. The van der Waals surface area contributed by atoms with E-state index in [1.807, 2.05) is 30.3 Å². The predicted octanol–water partition coefficient (Wildman–Crippen LogP) is 1.29. The lowest BCUT2D eigenvalue weighted by atomic mass is 10.1. The smallest absolute Gasteiger partial charge is 0.326 e. The molecular formula is C15H15N3O3. The lowest BCUT2D eigenvalue weighted by Crippen LogP contribution is -2.41. The van der Waals surface area contributed by atoms with Gasteiger partial charge in [-0.05, 0) is 18.4 Å². The van der Waals surface area contributed by atoms with E-state index < -0.39 is 17.9 Å². The van der Waals surface area contributed by atoms with Gasteiger partial charge in [0, 0.05) is 12.4 Å². The SMILES string of the molecule is O=C(N[C@@H](CCc1ccccc1)C(=O)O)c1cnccn1. The number of benzene rings is 1. The van der Waals surface area contributed by atoms with Gasteiger partial charge in [0.25, 0.3) is 5.91 Å². The third-order valence-electron chi connectivity index (χ3n) is 2.96. The molecular weight excluding hydrogens is 270 g/mol. The Bertz CT molecular complexity index is 602. The van der Waals surface area contributed by atoms with Gasteiger partial charge in [-0.2, -0.15) is 0 Å². The molecule has 0 bridgehead atoms. The van der Waals surface area contributed by atoms with Crippen molar-refractivity contribution >= 4 is 11.9 Å². The summed E-state index contributed by atoms with van der Waals surface area (Å²) < 4.78 is 0. The van der Waals surface area contributed by atoms with E-state index in [2.05, 4.69) is 15.3 Å². The highest BCUT2D eigenvalue weighted by Gasteiger charge is 2.21. The van der Waals surface area contributed by atoms with Gasteiger partial charge in [0.15, 0.2) is 0 Å². The van der Waals surface area contributed by atoms with Crippen LogP contribution in [0.3, 0.4) is 0 Å². The summed E-state index contributed by atoms with van der Waals surface area (Å²) in [4.78, 5) is 30.8. The lowest BCUT2D eigenvalue weighted by Gasteiger charge is -2.14. The number of aromatic nitrogens is 2. The number of nitrogens with zero attached hydrogens (tertiary/aromatic N) is 2. The fourth-order valence-electron chi connectivity index (χ4n) is 1.86. The molecule has 2 aromatic rings. The summed E-state index contributed by atoms with van der Waals surface area (Å²) >= 11 is 0. The molecule has 21 heavy (non-hydrogen) atoms. The largest absolute Gasteiger partial charge is 0.480 e. The fraction of sp³-hybridized carbons (Fsp3) is 0.200. The molecule has 108 valence electrons. The van der Waals surface area contributed by atoms with Gasteiger partial charge in [0.05, 0.1) is 6.20 Å². The maximum atomic E-state index is 11.9. The number of nitrogens with one attached hydrogen (secondary N) is 1. The Morgan fingerprint density at radius 3 is 2.57 bits per heavy atom. The van der Waals surface area contributed by atoms with Crippen LogP contribution in [0.15, 0.2) is 48.9 Å². The number of aryl methyl sites for hydroxylation is 1. The molecule has 0 spiro atoms. The molecule has 6 nitrogen and oxygen atoms in total. The van der Waals surface area contributed by atoms with Gasteiger partial charge in [-0.25, -0.2) is 9.78 Å². The summed E-state index contributed by atoms with van der Waals surface area (Å²) in [6, 6.07) is 8.56. The second-order valence-electron chi connectivity index (χ2n) is 4.48. The molecule has 1 aromatic heterocycles. The van der Waals surface area contributed by atoms with Gasteiger partial charge in [-0.3, -0.25) is 9.78 Å². The van der Waals surface area contributed by atoms with E-state index in [1.54, 1.807) is 0 Å². The van der Waals surface area contributed by atoms with Crippen molar-refractivity contribution in [1.29, 1.82) is 0 Å². The maximum Gasteiger partial charge on any atom is 0.326 e. The Hall–Kier alpha value is -2.76.